The van der Waals surface area contributed by atoms with E-state index in [0.29, 0.717) is 6.92 Å². The molecule has 20 heteroatoms. The first-order valence-electron chi connectivity index (χ1n) is 9.74. The Morgan fingerprint density at radius 2 is 1.41 bits per heavy atom. The lowest BCUT2D eigenvalue weighted by Crippen LogP contribution is -2.59. The second kappa shape index (κ2) is 13.6. The maximum atomic E-state index is 12.5. The Bertz CT molecular complexity index is 880. The van der Waals surface area contributed by atoms with E-state index in [4.69, 9.17) is 10.8 Å². The maximum Gasteiger partial charge on any atom is 0.490 e. The van der Waals surface area contributed by atoms with Gasteiger partial charge in [0.15, 0.2) is 6.04 Å². The van der Waals surface area contributed by atoms with Gasteiger partial charge in [-0.1, -0.05) is 0 Å². The number of alkyl halides is 6. The Morgan fingerprint density at radius 3 is 1.84 bits per heavy atom. The van der Waals surface area contributed by atoms with Crippen molar-refractivity contribution in [2.75, 3.05) is 13.2 Å². The monoisotopic (exact) mass is 556 g/mol. The lowest BCUT2D eigenvalue weighted by atomic mass is 10.1. The van der Waals surface area contributed by atoms with Crippen LogP contribution in [0.4, 0.5) is 26.3 Å². The molecule has 3 amide bonds. The van der Waals surface area contributed by atoms with Crippen molar-refractivity contribution in [1.29, 1.82) is 0 Å². The Hall–Kier alpha value is -3.68. The highest BCUT2D eigenvalue weighted by molar-refractivity contribution is 5.93. The van der Waals surface area contributed by atoms with Gasteiger partial charge in [-0.15, -0.1) is 0 Å². The lowest BCUT2D eigenvalue weighted by molar-refractivity contribution is -0.205. The minimum absolute atomic E-state index is 0.662. The van der Waals surface area contributed by atoms with E-state index < -0.39 is 91.5 Å². The Balaban J connectivity index is 5.63. The van der Waals surface area contributed by atoms with Gasteiger partial charge in [-0.05, 0) is 13.8 Å². The summed E-state index contributed by atoms with van der Waals surface area (Å²) in [4.78, 5) is 69.4. The third-order valence-electron chi connectivity index (χ3n) is 4.07. The summed E-state index contributed by atoms with van der Waals surface area (Å²) in [7, 11) is 0. The van der Waals surface area contributed by atoms with Crippen LogP contribution >= 0.6 is 0 Å². The fourth-order valence-electron chi connectivity index (χ4n) is 2.11. The van der Waals surface area contributed by atoms with E-state index >= 15 is 0 Å². The highest BCUT2D eigenvalue weighted by Crippen LogP contribution is 2.19. The number of esters is 2. The average molecular weight is 556 g/mol. The summed E-state index contributed by atoms with van der Waals surface area (Å²) in [6.07, 6.45) is -14.6. The largest absolute Gasteiger partial charge is 0.490 e. The molecule has 0 aromatic rings. The van der Waals surface area contributed by atoms with Crippen molar-refractivity contribution in [3.63, 3.8) is 0 Å². The Kier molecular flexibility index (Phi) is 12.2. The number of carboxylic acid groups (broad SMARTS) is 1. The first-order valence-corrected chi connectivity index (χ1v) is 9.74. The van der Waals surface area contributed by atoms with Gasteiger partial charge in [0.05, 0.1) is 12.6 Å². The van der Waals surface area contributed by atoms with E-state index in [1.54, 1.807) is 5.32 Å². The summed E-state index contributed by atoms with van der Waals surface area (Å²) >= 11 is 0. The third kappa shape index (κ3) is 11.7. The molecule has 0 rings (SSSR count). The standard InChI is InChI=1S/C17H22F6N4O10/c1-5(28)9(24)11(30)25-3-8(29)27-10(6(2)37-15(35)17(21,22)23)12(31)26-7(13(32)33)4-36-14(34)16(18,19)20/h5-7,9-10,28H,3-4,24H2,1-2H3,(H,25,30)(H,26,31)(H,27,29)(H,32,33)/t5-,6+,7-,9-,10-/m0/s1. The molecule has 212 valence electrons. The van der Waals surface area contributed by atoms with Crippen LogP contribution in [0.25, 0.3) is 0 Å². The predicted molar refractivity (Wildman–Crippen MR) is 103 cm³/mol. The van der Waals surface area contributed by atoms with Crippen LogP contribution in [0.2, 0.25) is 0 Å². The molecule has 0 heterocycles. The smallest absolute Gasteiger partial charge is 0.480 e. The summed E-state index contributed by atoms with van der Waals surface area (Å²) in [6.45, 7) is -0.791. The molecule has 37 heavy (non-hydrogen) atoms. The van der Waals surface area contributed by atoms with Crippen molar-refractivity contribution in [1.82, 2.24) is 16.0 Å². The summed E-state index contributed by atoms with van der Waals surface area (Å²) in [6, 6.07) is -6.21. The highest BCUT2D eigenvalue weighted by atomic mass is 19.4. The number of amides is 3. The number of halogens is 6. The number of aliphatic carboxylic acids is 1. The number of carbonyl (C=O) groups is 6. The van der Waals surface area contributed by atoms with Crippen LogP contribution in [0.3, 0.4) is 0 Å². The molecular weight excluding hydrogens is 534 g/mol. The zero-order chi connectivity index (χ0) is 29.3. The van der Waals surface area contributed by atoms with Crippen molar-refractivity contribution in [3.8, 4) is 0 Å². The number of carbonyl (C=O) groups excluding carboxylic acids is 5. The average Bonchev–Trinajstić information content (AvgIpc) is 2.75. The van der Waals surface area contributed by atoms with E-state index in [9.17, 15) is 60.2 Å². The van der Waals surface area contributed by atoms with Crippen molar-refractivity contribution in [2.45, 2.75) is 56.5 Å². The maximum absolute atomic E-state index is 12.5. The molecule has 14 nitrogen and oxygen atoms in total. The van der Waals surface area contributed by atoms with Gasteiger partial charge >= 0.3 is 30.3 Å². The first-order chi connectivity index (χ1) is 16.7. The van der Waals surface area contributed by atoms with Crippen LogP contribution in [0.1, 0.15) is 13.8 Å². The summed E-state index contributed by atoms with van der Waals surface area (Å²) < 4.78 is 82.0. The van der Waals surface area contributed by atoms with Gasteiger partial charge in [0.1, 0.15) is 24.8 Å². The van der Waals surface area contributed by atoms with Gasteiger partial charge in [-0.2, -0.15) is 26.3 Å². The van der Waals surface area contributed by atoms with E-state index in [0.717, 1.165) is 6.92 Å². The number of hydrogen-bond donors (Lipinski definition) is 6. The highest BCUT2D eigenvalue weighted by Gasteiger charge is 2.44. The molecule has 0 saturated carbocycles. The van der Waals surface area contributed by atoms with Crippen LogP contribution < -0.4 is 21.7 Å². The van der Waals surface area contributed by atoms with Gasteiger partial charge in [0.2, 0.25) is 17.7 Å². The number of hydrogen-bond acceptors (Lipinski definition) is 10. The van der Waals surface area contributed by atoms with Gasteiger partial charge < -0.3 is 41.4 Å². The van der Waals surface area contributed by atoms with Gasteiger partial charge in [-0.25, -0.2) is 14.4 Å². The van der Waals surface area contributed by atoms with Crippen LogP contribution in [0, 0.1) is 0 Å². The minimum atomic E-state index is -5.56. The molecule has 0 saturated heterocycles. The zero-order valence-corrected chi connectivity index (χ0v) is 18.8. The van der Waals surface area contributed by atoms with Crippen LogP contribution in [-0.2, 0) is 38.2 Å². The van der Waals surface area contributed by atoms with E-state index in [1.807, 2.05) is 5.32 Å². The second-order valence-electron chi connectivity index (χ2n) is 7.13. The van der Waals surface area contributed by atoms with Crippen molar-refractivity contribution < 1.29 is 74.8 Å². The van der Waals surface area contributed by atoms with Gasteiger partial charge in [-0.3, -0.25) is 14.4 Å². The SMILES string of the molecule is C[C@H](O)[C@H](N)C(=O)NCC(=O)N[C@H](C(=O)N[C@@H](COC(=O)C(F)(F)F)C(=O)O)[C@@H](C)OC(=O)C(F)(F)F. The molecular formula is C17H22F6N4O10. The first kappa shape index (κ1) is 33.3. The zero-order valence-electron chi connectivity index (χ0n) is 18.8. The van der Waals surface area contributed by atoms with Crippen LogP contribution in [0.15, 0.2) is 0 Å². The fourth-order valence-corrected chi connectivity index (χ4v) is 2.11. The quantitative estimate of drug-likeness (QED) is 0.109. The van der Waals surface area contributed by atoms with E-state index in [1.165, 1.54) is 5.32 Å². The molecule has 0 bridgehead atoms. The number of carboxylic acids is 1. The molecule has 0 aliphatic heterocycles. The topological polar surface area (TPSA) is 223 Å². The summed E-state index contributed by atoms with van der Waals surface area (Å²) in [5.74, 6) is -11.8. The predicted octanol–water partition coefficient (Wildman–Crippen LogP) is -2.54. The minimum Gasteiger partial charge on any atom is -0.480 e. The molecule has 5 atom stereocenters. The Morgan fingerprint density at radius 1 is 0.892 bits per heavy atom. The van der Waals surface area contributed by atoms with Crippen molar-refractivity contribution in [3.05, 3.63) is 0 Å². The lowest BCUT2D eigenvalue weighted by Gasteiger charge is -2.26. The van der Waals surface area contributed by atoms with Gasteiger partial charge in [0, 0.05) is 0 Å². The molecule has 7 N–H and O–H groups in total. The molecule has 0 unspecified atom stereocenters. The van der Waals surface area contributed by atoms with E-state index in [2.05, 4.69) is 9.47 Å². The number of nitrogens with one attached hydrogen (secondary N) is 3. The normalized spacial score (nSPS) is 15.7. The Labute approximate surface area is 202 Å². The molecule has 0 aromatic heterocycles. The van der Waals surface area contributed by atoms with E-state index in [-0.39, 0.29) is 0 Å². The van der Waals surface area contributed by atoms with Crippen molar-refractivity contribution in [2.24, 2.45) is 5.73 Å². The fraction of sp³-hybridized carbons (Fsp3) is 0.647. The molecule has 0 aliphatic carbocycles. The summed E-state index contributed by atoms with van der Waals surface area (Å²) in [5.41, 5.74) is 5.32. The van der Waals surface area contributed by atoms with Crippen LogP contribution in [0.5, 0.6) is 0 Å². The summed E-state index contributed by atoms with van der Waals surface area (Å²) in [5, 5.41) is 23.4. The number of nitrogens with two attached hydrogens (primary N) is 1. The molecule has 0 radical (unpaired) electrons. The van der Waals surface area contributed by atoms with Gasteiger partial charge in [0.25, 0.3) is 0 Å². The third-order valence-corrected chi connectivity index (χ3v) is 4.07. The number of aliphatic hydroxyl groups is 1. The molecule has 0 aliphatic rings. The second-order valence-corrected chi connectivity index (χ2v) is 7.13. The molecule has 0 aromatic carbocycles. The molecule has 0 spiro atoms. The number of rotatable bonds is 12. The number of ether oxygens (including phenoxy) is 2. The van der Waals surface area contributed by atoms with Crippen LogP contribution in [-0.4, -0.2) is 102 Å². The molecule has 0 fully saturated rings. The van der Waals surface area contributed by atoms with Crippen molar-refractivity contribution >= 4 is 35.6 Å². The number of aliphatic hydroxyl groups excluding tert-OH is 1.